The van der Waals surface area contributed by atoms with Crippen LogP contribution in [0.4, 0.5) is 0 Å². The average molecular weight is 622 g/mol. The van der Waals surface area contributed by atoms with Crippen LogP contribution in [0, 0.1) is 5.92 Å². The summed E-state index contributed by atoms with van der Waals surface area (Å²) in [4.78, 5) is 56.5. The maximum absolute atomic E-state index is 13.6. The SMILES string of the molecule is CCC(=O)NC(Cc1ccc(CNC(=O)[C@@H](NC(=O)c2ccnn2C(C)C)C2CCCCCC2)cc1)C(=O)N1CCN(C)CC1. The molecule has 4 rings (SSSR count). The third-order valence-corrected chi connectivity index (χ3v) is 9.03. The van der Waals surface area contributed by atoms with E-state index in [0.717, 1.165) is 62.7 Å². The fraction of sp³-hybridized carbons (Fsp3) is 0.618. The Bertz CT molecular complexity index is 1280. The van der Waals surface area contributed by atoms with Gasteiger partial charge in [0, 0.05) is 57.8 Å². The van der Waals surface area contributed by atoms with Gasteiger partial charge in [0.2, 0.25) is 17.7 Å². The predicted octanol–water partition coefficient (Wildman–Crippen LogP) is 3.06. The van der Waals surface area contributed by atoms with Crippen LogP contribution in [0.5, 0.6) is 0 Å². The van der Waals surface area contributed by atoms with Gasteiger partial charge >= 0.3 is 0 Å². The highest BCUT2D eigenvalue weighted by molar-refractivity contribution is 5.96. The van der Waals surface area contributed by atoms with E-state index < -0.39 is 12.1 Å². The zero-order chi connectivity index (χ0) is 32.3. The number of carbonyl (C=O) groups is 4. The molecule has 1 aliphatic carbocycles. The minimum atomic E-state index is -0.631. The average Bonchev–Trinajstić information content (AvgIpc) is 3.39. The van der Waals surface area contributed by atoms with Gasteiger partial charge in [0.25, 0.3) is 5.91 Å². The van der Waals surface area contributed by atoms with Crippen LogP contribution in [-0.4, -0.2) is 88.5 Å². The Labute approximate surface area is 267 Å². The van der Waals surface area contributed by atoms with Crippen molar-refractivity contribution in [3.05, 3.63) is 53.3 Å². The van der Waals surface area contributed by atoms with Crippen LogP contribution in [0.25, 0.3) is 0 Å². The second-order valence-electron chi connectivity index (χ2n) is 12.8. The van der Waals surface area contributed by atoms with Gasteiger partial charge in [-0.15, -0.1) is 0 Å². The Morgan fingerprint density at radius 1 is 0.889 bits per heavy atom. The molecule has 1 aromatic heterocycles. The van der Waals surface area contributed by atoms with Gasteiger partial charge < -0.3 is 25.8 Å². The van der Waals surface area contributed by atoms with Crippen molar-refractivity contribution in [1.29, 1.82) is 0 Å². The van der Waals surface area contributed by atoms with E-state index in [1.54, 1.807) is 23.9 Å². The Morgan fingerprint density at radius 2 is 1.53 bits per heavy atom. The first-order valence-corrected chi connectivity index (χ1v) is 16.6. The van der Waals surface area contributed by atoms with Crippen LogP contribution >= 0.6 is 0 Å². The summed E-state index contributed by atoms with van der Waals surface area (Å²) < 4.78 is 1.68. The third-order valence-electron chi connectivity index (χ3n) is 9.03. The lowest BCUT2D eigenvalue weighted by Crippen LogP contribution is -2.54. The molecule has 4 amide bonds. The number of nitrogens with zero attached hydrogens (tertiary/aromatic N) is 4. The van der Waals surface area contributed by atoms with E-state index in [1.165, 1.54) is 0 Å². The van der Waals surface area contributed by atoms with Gasteiger partial charge in [-0.3, -0.25) is 23.9 Å². The molecule has 11 heteroatoms. The van der Waals surface area contributed by atoms with Crippen molar-refractivity contribution in [2.24, 2.45) is 5.92 Å². The summed E-state index contributed by atoms with van der Waals surface area (Å²) in [6.07, 6.45) is 8.52. The minimum Gasteiger partial charge on any atom is -0.350 e. The van der Waals surface area contributed by atoms with E-state index in [1.807, 2.05) is 50.1 Å². The number of amides is 4. The molecular weight excluding hydrogens is 570 g/mol. The molecule has 246 valence electrons. The Hall–Kier alpha value is -3.73. The number of hydrogen-bond donors (Lipinski definition) is 3. The number of likely N-dealkylation sites (N-methyl/N-ethyl adjacent to an activating group) is 1. The molecule has 0 bridgehead atoms. The summed E-state index contributed by atoms with van der Waals surface area (Å²) in [6, 6.07) is 8.23. The van der Waals surface area contributed by atoms with Gasteiger partial charge in [-0.25, -0.2) is 0 Å². The Morgan fingerprint density at radius 3 is 2.16 bits per heavy atom. The second-order valence-corrected chi connectivity index (χ2v) is 12.8. The van der Waals surface area contributed by atoms with Gasteiger partial charge in [0.05, 0.1) is 0 Å². The maximum atomic E-state index is 13.6. The van der Waals surface area contributed by atoms with Gasteiger partial charge in [-0.2, -0.15) is 5.10 Å². The lowest BCUT2D eigenvalue weighted by molar-refractivity contribution is -0.137. The van der Waals surface area contributed by atoms with E-state index in [0.29, 0.717) is 38.2 Å². The van der Waals surface area contributed by atoms with E-state index in [-0.39, 0.29) is 35.6 Å². The standard InChI is InChI=1S/C34H51N7O4/c1-5-30(42)37-28(34(45)40-20-18-39(4)19-21-40)22-25-12-14-26(15-13-25)23-35-33(44)31(27-10-8-6-7-9-11-27)38-32(43)29-16-17-36-41(29)24(2)3/h12-17,24,27-28,31H,5-11,18-23H2,1-4H3,(H,35,44)(H,37,42)(H,38,43)/t28?,31-/m0/s1. The lowest BCUT2D eigenvalue weighted by atomic mass is 9.91. The number of hydrogen-bond acceptors (Lipinski definition) is 6. The molecular formula is C34H51N7O4. The molecule has 2 atom stereocenters. The van der Waals surface area contributed by atoms with Crippen molar-refractivity contribution < 1.29 is 19.2 Å². The van der Waals surface area contributed by atoms with Crippen LogP contribution in [0.15, 0.2) is 36.5 Å². The second kappa shape index (κ2) is 16.5. The number of rotatable bonds is 12. The van der Waals surface area contributed by atoms with Crippen LogP contribution in [0.1, 0.15) is 93.4 Å². The molecule has 45 heavy (non-hydrogen) atoms. The van der Waals surface area contributed by atoms with Gasteiger partial charge in [-0.1, -0.05) is 56.9 Å². The van der Waals surface area contributed by atoms with Crippen molar-refractivity contribution >= 4 is 23.6 Å². The van der Waals surface area contributed by atoms with Crippen molar-refractivity contribution in [2.75, 3.05) is 33.2 Å². The van der Waals surface area contributed by atoms with Gasteiger partial charge in [0.1, 0.15) is 17.8 Å². The zero-order valence-electron chi connectivity index (χ0n) is 27.4. The quantitative estimate of drug-likeness (QED) is 0.313. The van der Waals surface area contributed by atoms with Gasteiger partial charge in [-0.05, 0) is 56.8 Å². The smallest absolute Gasteiger partial charge is 0.270 e. The molecule has 2 fully saturated rings. The van der Waals surface area contributed by atoms with Crippen LogP contribution in [0.2, 0.25) is 0 Å². The normalized spacial score (nSPS) is 17.8. The number of benzene rings is 1. The molecule has 2 aliphatic rings. The molecule has 1 unspecified atom stereocenters. The van der Waals surface area contributed by atoms with Crippen molar-refractivity contribution in [3.8, 4) is 0 Å². The molecule has 1 saturated carbocycles. The van der Waals surface area contributed by atoms with E-state index >= 15 is 0 Å². The van der Waals surface area contributed by atoms with Gasteiger partial charge in [0.15, 0.2) is 0 Å². The number of nitrogens with one attached hydrogen (secondary N) is 3. The zero-order valence-corrected chi connectivity index (χ0v) is 27.4. The minimum absolute atomic E-state index is 0.0250. The number of carbonyl (C=O) groups excluding carboxylic acids is 4. The maximum Gasteiger partial charge on any atom is 0.270 e. The Kier molecular flexibility index (Phi) is 12.6. The van der Waals surface area contributed by atoms with Crippen LogP contribution < -0.4 is 16.0 Å². The first kappa shape index (κ1) is 34.1. The van der Waals surface area contributed by atoms with Crippen molar-refractivity contribution in [1.82, 2.24) is 35.5 Å². The first-order chi connectivity index (χ1) is 21.7. The fourth-order valence-corrected chi connectivity index (χ4v) is 6.23. The summed E-state index contributed by atoms with van der Waals surface area (Å²) in [5.41, 5.74) is 2.29. The molecule has 1 aliphatic heterocycles. The highest BCUT2D eigenvalue weighted by atomic mass is 16.2. The monoisotopic (exact) mass is 621 g/mol. The van der Waals surface area contributed by atoms with E-state index in [9.17, 15) is 19.2 Å². The first-order valence-electron chi connectivity index (χ1n) is 16.6. The molecule has 3 N–H and O–H groups in total. The summed E-state index contributed by atoms with van der Waals surface area (Å²) >= 11 is 0. The summed E-state index contributed by atoms with van der Waals surface area (Å²) in [6.45, 7) is 8.96. The third kappa shape index (κ3) is 9.63. The summed E-state index contributed by atoms with van der Waals surface area (Å²) in [7, 11) is 2.04. The number of aromatic nitrogens is 2. The Balaban J connectivity index is 1.40. The van der Waals surface area contributed by atoms with Crippen LogP contribution in [0.3, 0.4) is 0 Å². The van der Waals surface area contributed by atoms with E-state index in [4.69, 9.17) is 0 Å². The van der Waals surface area contributed by atoms with Crippen LogP contribution in [-0.2, 0) is 27.3 Å². The highest BCUT2D eigenvalue weighted by Crippen LogP contribution is 2.26. The molecule has 11 nitrogen and oxygen atoms in total. The van der Waals surface area contributed by atoms with E-state index in [2.05, 4.69) is 25.9 Å². The molecule has 2 heterocycles. The van der Waals surface area contributed by atoms with Crippen molar-refractivity contribution in [3.63, 3.8) is 0 Å². The highest BCUT2D eigenvalue weighted by Gasteiger charge is 2.32. The lowest BCUT2D eigenvalue weighted by Gasteiger charge is -2.34. The molecule has 0 spiro atoms. The molecule has 1 aromatic carbocycles. The number of piperazine rings is 1. The molecule has 1 saturated heterocycles. The molecule has 2 aromatic rings. The fourth-order valence-electron chi connectivity index (χ4n) is 6.23. The predicted molar refractivity (Wildman–Crippen MR) is 173 cm³/mol. The largest absolute Gasteiger partial charge is 0.350 e. The topological polar surface area (TPSA) is 129 Å². The summed E-state index contributed by atoms with van der Waals surface area (Å²) in [5.74, 6) is -0.599. The van der Waals surface area contributed by atoms with Crippen molar-refractivity contribution in [2.45, 2.75) is 96.8 Å². The molecule has 0 radical (unpaired) electrons. The summed E-state index contributed by atoms with van der Waals surface area (Å²) in [5, 5.41) is 13.3.